The maximum Gasteiger partial charge on any atom is 0.249 e. The third kappa shape index (κ3) is 4.20. The Kier molecular flexibility index (Phi) is 5.71. The Bertz CT molecular complexity index is 505. The van der Waals surface area contributed by atoms with Gasteiger partial charge in [-0.2, -0.15) is 11.3 Å². The summed E-state index contributed by atoms with van der Waals surface area (Å²) in [7, 11) is 0. The first-order valence-electron chi connectivity index (χ1n) is 7.66. The maximum atomic E-state index is 12.2. The van der Waals surface area contributed by atoms with Crippen molar-refractivity contribution in [1.82, 2.24) is 10.2 Å². The highest BCUT2D eigenvalue weighted by molar-refractivity contribution is 7.08. The van der Waals surface area contributed by atoms with Gasteiger partial charge in [0.1, 0.15) is 6.10 Å². The van der Waals surface area contributed by atoms with E-state index in [1.54, 1.807) is 0 Å². The van der Waals surface area contributed by atoms with Gasteiger partial charge in [0, 0.05) is 37.1 Å². The van der Waals surface area contributed by atoms with E-state index in [-0.39, 0.29) is 18.1 Å². The van der Waals surface area contributed by atoms with Crippen LogP contribution in [0, 0.1) is 0 Å². The molecule has 0 unspecified atom stereocenters. The molecule has 0 aromatic carbocycles. The molecule has 5 nitrogen and oxygen atoms in total. The Morgan fingerprint density at radius 1 is 1.36 bits per heavy atom. The summed E-state index contributed by atoms with van der Waals surface area (Å²) in [6, 6.07) is 0. The average Bonchev–Trinajstić information content (AvgIpc) is 3.15. The van der Waals surface area contributed by atoms with E-state index in [0.717, 1.165) is 51.3 Å². The van der Waals surface area contributed by atoms with Gasteiger partial charge in [-0.1, -0.05) is 11.6 Å². The van der Waals surface area contributed by atoms with Gasteiger partial charge in [0.25, 0.3) is 0 Å². The molecule has 1 N–H and O–H groups in total. The molecular formula is C15H21ClN2O3S. The molecule has 2 saturated heterocycles. The molecule has 1 amide bonds. The Hall–Kier alpha value is -0.660. The zero-order valence-corrected chi connectivity index (χ0v) is 14.0. The predicted octanol–water partition coefficient (Wildman–Crippen LogP) is 1.90. The highest BCUT2D eigenvalue weighted by atomic mass is 35.5. The van der Waals surface area contributed by atoms with E-state index in [2.05, 4.69) is 10.2 Å². The second-order valence-corrected chi connectivity index (χ2v) is 6.85. The number of nitrogens with zero attached hydrogens (tertiary/aromatic N) is 1. The monoisotopic (exact) mass is 344 g/mol. The lowest BCUT2D eigenvalue weighted by Gasteiger charge is -2.28. The summed E-state index contributed by atoms with van der Waals surface area (Å²) in [5.74, 6) is -0.0354. The lowest BCUT2D eigenvalue weighted by atomic mass is 10.1. The number of ether oxygens (including phenoxy) is 2. The van der Waals surface area contributed by atoms with Gasteiger partial charge in [-0.15, -0.1) is 0 Å². The highest BCUT2D eigenvalue weighted by Gasteiger charge is 2.31. The van der Waals surface area contributed by atoms with Gasteiger partial charge in [0.05, 0.1) is 24.3 Å². The van der Waals surface area contributed by atoms with Crippen molar-refractivity contribution in [3.05, 3.63) is 21.3 Å². The number of carbonyl (C=O) groups excluding carboxylic acids is 1. The Morgan fingerprint density at radius 3 is 2.91 bits per heavy atom. The molecule has 0 saturated carbocycles. The fourth-order valence-corrected chi connectivity index (χ4v) is 3.89. The Morgan fingerprint density at radius 2 is 2.18 bits per heavy atom. The van der Waals surface area contributed by atoms with E-state index in [1.807, 2.05) is 10.8 Å². The standard InChI is InChI=1S/C15H21ClN2O3S/c16-13-10-22-9-11(13)7-17-15(19)14-2-1-12(21-14)8-18-3-5-20-6-4-18/h9-10,12,14H,1-8H2,(H,17,19)/t12-,14+/m1/s1. The highest BCUT2D eigenvalue weighted by Crippen LogP contribution is 2.23. The quantitative estimate of drug-likeness (QED) is 0.886. The molecule has 2 aliphatic rings. The van der Waals surface area contributed by atoms with Gasteiger partial charge < -0.3 is 14.8 Å². The summed E-state index contributed by atoms with van der Waals surface area (Å²) in [4.78, 5) is 14.5. The summed E-state index contributed by atoms with van der Waals surface area (Å²) in [6.07, 6.45) is 1.55. The second kappa shape index (κ2) is 7.75. The summed E-state index contributed by atoms with van der Waals surface area (Å²) >= 11 is 7.57. The SMILES string of the molecule is O=C(NCc1cscc1Cl)[C@@H]1CC[C@H](CN2CCOCC2)O1. The van der Waals surface area contributed by atoms with Gasteiger partial charge in [-0.3, -0.25) is 9.69 Å². The van der Waals surface area contributed by atoms with Crippen molar-refractivity contribution >= 4 is 28.8 Å². The van der Waals surface area contributed by atoms with Crippen LogP contribution < -0.4 is 5.32 Å². The molecule has 2 atom stereocenters. The Balaban J connectivity index is 1.41. The van der Waals surface area contributed by atoms with Gasteiger partial charge in [-0.05, 0) is 18.2 Å². The first-order valence-corrected chi connectivity index (χ1v) is 8.98. The molecule has 0 bridgehead atoms. The molecule has 0 spiro atoms. The first-order chi connectivity index (χ1) is 10.7. The van der Waals surface area contributed by atoms with E-state index in [4.69, 9.17) is 21.1 Å². The third-order valence-corrected chi connectivity index (χ3v) is 5.38. The molecule has 0 radical (unpaired) electrons. The van der Waals surface area contributed by atoms with Crippen LogP contribution in [0.2, 0.25) is 5.02 Å². The van der Waals surface area contributed by atoms with Crippen molar-refractivity contribution in [3.8, 4) is 0 Å². The average molecular weight is 345 g/mol. The van der Waals surface area contributed by atoms with Gasteiger partial charge in [0.15, 0.2) is 0 Å². The molecule has 7 heteroatoms. The molecule has 0 aliphatic carbocycles. The molecular weight excluding hydrogens is 324 g/mol. The van der Waals surface area contributed by atoms with Gasteiger partial charge in [-0.25, -0.2) is 0 Å². The van der Waals surface area contributed by atoms with Crippen molar-refractivity contribution in [2.45, 2.75) is 31.6 Å². The summed E-state index contributed by atoms with van der Waals surface area (Å²) < 4.78 is 11.2. The number of hydrogen-bond donors (Lipinski definition) is 1. The topological polar surface area (TPSA) is 50.8 Å². The molecule has 22 heavy (non-hydrogen) atoms. The summed E-state index contributed by atoms with van der Waals surface area (Å²) in [6.45, 7) is 4.84. The summed E-state index contributed by atoms with van der Waals surface area (Å²) in [5.41, 5.74) is 0.961. The number of hydrogen-bond acceptors (Lipinski definition) is 5. The van der Waals surface area contributed by atoms with Crippen LogP contribution in [-0.4, -0.2) is 55.9 Å². The number of rotatable bonds is 5. The summed E-state index contributed by atoms with van der Waals surface area (Å²) in [5, 5.41) is 7.45. The van der Waals surface area contributed by atoms with Crippen LogP contribution in [0.15, 0.2) is 10.8 Å². The van der Waals surface area contributed by atoms with Crippen LogP contribution in [0.3, 0.4) is 0 Å². The molecule has 3 rings (SSSR count). The van der Waals surface area contributed by atoms with Crippen molar-refractivity contribution in [2.75, 3.05) is 32.8 Å². The van der Waals surface area contributed by atoms with Crippen molar-refractivity contribution in [3.63, 3.8) is 0 Å². The predicted molar refractivity (Wildman–Crippen MR) is 86.3 cm³/mol. The molecule has 1 aromatic rings. The van der Waals surface area contributed by atoms with E-state index < -0.39 is 0 Å². The van der Waals surface area contributed by atoms with E-state index in [0.29, 0.717) is 11.6 Å². The van der Waals surface area contributed by atoms with Gasteiger partial charge >= 0.3 is 0 Å². The second-order valence-electron chi connectivity index (χ2n) is 5.70. The third-order valence-electron chi connectivity index (χ3n) is 4.11. The normalized spacial score (nSPS) is 26.2. The fraction of sp³-hybridized carbons (Fsp3) is 0.667. The first kappa shape index (κ1) is 16.2. The lowest BCUT2D eigenvalue weighted by Crippen LogP contribution is -2.41. The number of thiophene rings is 1. The zero-order valence-electron chi connectivity index (χ0n) is 12.4. The van der Waals surface area contributed by atoms with Crippen LogP contribution in [-0.2, 0) is 20.8 Å². The molecule has 1 aromatic heterocycles. The maximum absolute atomic E-state index is 12.2. The molecule has 2 fully saturated rings. The fourth-order valence-electron chi connectivity index (χ4n) is 2.83. The van der Waals surface area contributed by atoms with Gasteiger partial charge in [0.2, 0.25) is 5.91 Å². The lowest BCUT2D eigenvalue weighted by molar-refractivity contribution is -0.132. The molecule has 2 aliphatic heterocycles. The Labute approximate surface area is 139 Å². The smallest absolute Gasteiger partial charge is 0.249 e. The van der Waals surface area contributed by atoms with Crippen molar-refractivity contribution in [2.24, 2.45) is 0 Å². The van der Waals surface area contributed by atoms with Crippen LogP contribution >= 0.6 is 22.9 Å². The van der Waals surface area contributed by atoms with Crippen LogP contribution in [0.25, 0.3) is 0 Å². The number of nitrogens with one attached hydrogen (secondary N) is 1. The van der Waals surface area contributed by atoms with Crippen molar-refractivity contribution < 1.29 is 14.3 Å². The van der Waals surface area contributed by atoms with Crippen molar-refractivity contribution in [1.29, 1.82) is 0 Å². The number of halogens is 1. The van der Waals surface area contributed by atoms with E-state index in [1.165, 1.54) is 11.3 Å². The number of amides is 1. The minimum absolute atomic E-state index is 0.0354. The minimum atomic E-state index is -0.330. The van der Waals surface area contributed by atoms with E-state index in [9.17, 15) is 4.79 Å². The molecule has 122 valence electrons. The zero-order chi connectivity index (χ0) is 15.4. The van der Waals surface area contributed by atoms with Crippen LogP contribution in [0.5, 0.6) is 0 Å². The molecule has 3 heterocycles. The van der Waals surface area contributed by atoms with E-state index >= 15 is 0 Å². The minimum Gasteiger partial charge on any atom is -0.379 e. The largest absolute Gasteiger partial charge is 0.379 e. The van der Waals surface area contributed by atoms with Crippen LogP contribution in [0.4, 0.5) is 0 Å². The van der Waals surface area contributed by atoms with Crippen LogP contribution in [0.1, 0.15) is 18.4 Å². The number of carbonyl (C=O) groups is 1. The number of morpholine rings is 1.